The van der Waals surface area contributed by atoms with Crippen LogP contribution >= 0.6 is 0 Å². The van der Waals surface area contributed by atoms with Crippen molar-refractivity contribution in [1.82, 2.24) is 4.90 Å². The molecule has 0 unspecified atom stereocenters. The zero-order chi connectivity index (χ0) is 18.0. The summed E-state index contributed by atoms with van der Waals surface area (Å²) in [6, 6.07) is 7.03. The van der Waals surface area contributed by atoms with Gasteiger partial charge in [-0.15, -0.1) is 0 Å². The van der Waals surface area contributed by atoms with Gasteiger partial charge in [-0.1, -0.05) is 12.1 Å². The van der Waals surface area contributed by atoms with Crippen LogP contribution in [0.4, 0.5) is 4.39 Å². The molecule has 0 radical (unpaired) electrons. The Labute approximate surface area is 146 Å². The predicted octanol–water partition coefficient (Wildman–Crippen LogP) is 2.98. The standard InChI is InChI=1S/C19H24FNO4/c1-25-16-4-2-3-15(12-16)19(20)7-9-21(10-8-19)17(22)13-5-6-14(11-13)18(23)24/h2-4,12-14H,5-11H2,1H3,(H,23,24)/t13-,14+/m1/s1. The first kappa shape index (κ1) is 17.7. The van der Waals surface area contributed by atoms with E-state index in [1.54, 1.807) is 36.3 Å². The number of benzene rings is 1. The first-order valence-electron chi connectivity index (χ1n) is 8.78. The van der Waals surface area contributed by atoms with Gasteiger partial charge in [-0.2, -0.15) is 0 Å². The third kappa shape index (κ3) is 3.62. The molecular formula is C19H24FNO4. The minimum Gasteiger partial charge on any atom is -0.497 e. The number of hydrogen-bond acceptors (Lipinski definition) is 3. The molecule has 2 atom stereocenters. The number of aliphatic carboxylic acids is 1. The van der Waals surface area contributed by atoms with E-state index in [2.05, 4.69) is 0 Å². The number of carbonyl (C=O) groups is 2. The molecule has 1 aliphatic heterocycles. The normalized spacial score (nSPS) is 25.6. The fourth-order valence-corrected chi connectivity index (χ4v) is 3.96. The molecule has 1 amide bonds. The number of hydrogen-bond donors (Lipinski definition) is 1. The Morgan fingerprint density at radius 3 is 2.52 bits per heavy atom. The van der Waals surface area contributed by atoms with E-state index in [0.717, 1.165) is 0 Å². The highest BCUT2D eigenvalue weighted by molar-refractivity contribution is 5.81. The average Bonchev–Trinajstić information content (AvgIpc) is 3.12. The zero-order valence-corrected chi connectivity index (χ0v) is 14.4. The molecule has 2 aliphatic rings. The lowest BCUT2D eigenvalue weighted by molar-refractivity contribution is -0.142. The molecule has 1 saturated heterocycles. The van der Waals surface area contributed by atoms with Gasteiger partial charge in [0.05, 0.1) is 13.0 Å². The van der Waals surface area contributed by atoms with Crippen molar-refractivity contribution < 1.29 is 23.8 Å². The van der Waals surface area contributed by atoms with Gasteiger partial charge < -0.3 is 14.7 Å². The zero-order valence-electron chi connectivity index (χ0n) is 14.4. The number of carboxylic acid groups (broad SMARTS) is 1. The van der Waals surface area contributed by atoms with Crippen LogP contribution in [-0.4, -0.2) is 42.1 Å². The number of methoxy groups -OCH3 is 1. The summed E-state index contributed by atoms with van der Waals surface area (Å²) in [5.41, 5.74) is -0.865. The van der Waals surface area contributed by atoms with Gasteiger partial charge >= 0.3 is 5.97 Å². The van der Waals surface area contributed by atoms with Gasteiger partial charge in [0.25, 0.3) is 0 Å². The monoisotopic (exact) mass is 349 g/mol. The summed E-state index contributed by atoms with van der Waals surface area (Å²) < 4.78 is 20.5. The predicted molar refractivity (Wildman–Crippen MR) is 90.1 cm³/mol. The van der Waals surface area contributed by atoms with Crippen LogP contribution in [0.1, 0.15) is 37.7 Å². The summed E-state index contributed by atoms with van der Waals surface area (Å²) in [6.07, 6.45) is 2.07. The van der Waals surface area contributed by atoms with E-state index in [1.165, 1.54) is 0 Å². The number of amides is 1. The summed E-state index contributed by atoms with van der Waals surface area (Å²) in [4.78, 5) is 25.4. The van der Waals surface area contributed by atoms with Crippen molar-refractivity contribution in [2.75, 3.05) is 20.2 Å². The van der Waals surface area contributed by atoms with Crippen molar-refractivity contribution in [3.8, 4) is 5.75 Å². The molecule has 5 nitrogen and oxygen atoms in total. The fourth-order valence-electron chi connectivity index (χ4n) is 3.96. The number of carboxylic acids is 1. The number of piperidine rings is 1. The molecular weight excluding hydrogens is 325 g/mol. The lowest BCUT2D eigenvalue weighted by atomic mass is 9.85. The second kappa shape index (κ2) is 7.02. The fraction of sp³-hybridized carbons (Fsp3) is 0.579. The Morgan fingerprint density at radius 1 is 1.24 bits per heavy atom. The van der Waals surface area contributed by atoms with Crippen molar-refractivity contribution in [2.24, 2.45) is 11.8 Å². The summed E-state index contributed by atoms with van der Waals surface area (Å²) in [6.45, 7) is 0.724. The Balaban J connectivity index is 1.61. The molecule has 3 rings (SSSR count). The average molecular weight is 349 g/mol. The number of carbonyl (C=O) groups excluding carboxylic acids is 1. The maximum atomic E-state index is 15.3. The first-order valence-corrected chi connectivity index (χ1v) is 8.78. The molecule has 0 bridgehead atoms. The molecule has 1 aromatic rings. The van der Waals surface area contributed by atoms with Crippen LogP contribution in [0.5, 0.6) is 5.75 Å². The maximum Gasteiger partial charge on any atom is 0.306 e. The summed E-state index contributed by atoms with van der Waals surface area (Å²) in [7, 11) is 1.55. The van der Waals surface area contributed by atoms with Gasteiger partial charge in [0.15, 0.2) is 0 Å². The van der Waals surface area contributed by atoms with Crippen LogP contribution in [0.2, 0.25) is 0 Å². The van der Waals surface area contributed by atoms with Crippen molar-refractivity contribution in [3.05, 3.63) is 29.8 Å². The van der Waals surface area contributed by atoms with Crippen molar-refractivity contribution in [3.63, 3.8) is 0 Å². The number of ether oxygens (including phenoxy) is 1. The van der Waals surface area contributed by atoms with Gasteiger partial charge in [-0.05, 0) is 37.0 Å². The Hall–Kier alpha value is -2.11. The lowest BCUT2D eigenvalue weighted by Gasteiger charge is -2.37. The van der Waals surface area contributed by atoms with Crippen LogP contribution in [0.25, 0.3) is 0 Å². The minimum absolute atomic E-state index is 0.0172. The largest absolute Gasteiger partial charge is 0.497 e. The quantitative estimate of drug-likeness (QED) is 0.907. The van der Waals surface area contributed by atoms with E-state index in [9.17, 15) is 9.59 Å². The number of rotatable bonds is 4. The van der Waals surface area contributed by atoms with Gasteiger partial charge in [-0.25, -0.2) is 4.39 Å². The van der Waals surface area contributed by atoms with Crippen molar-refractivity contribution >= 4 is 11.9 Å². The smallest absolute Gasteiger partial charge is 0.306 e. The van der Waals surface area contributed by atoms with E-state index in [1.807, 2.05) is 0 Å². The van der Waals surface area contributed by atoms with Crippen molar-refractivity contribution in [2.45, 2.75) is 37.8 Å². The number of nitrogens with zero attached hydrogens (tertiary/aromatic N) is 1. The highest BCUT2D eigenvalue weighted by atomic mass is 19.1. The van der Waals surface area contributed by atoms with E-state index in [0.29, 0.717) is 43.7 Å². The highest BCUT2D eigenvalue weighted by Crippen LogP contribution is 2.39. The highest BCUT2D eigenvalue weighted by Gasteiger charge is 2.41. The Morgan fingerprint density at radius 2 is 1.92 bits per heavy atom. The SMILES string of the molecule is COc1cccc(C2(F)CCN(C(=O)[C@@H]3CC[C@H](C(=O)O)C3)CC2)c1. The molecule has 1 heterocycles. The van der Waals surface area contributed by atoms with Crippen LogP contribution in [0.15, 0.2) is 24.3 Å². The van der Waals surface area contributed by atoms with Crippen LogP contribution in [0, 0.1) is 11.8 Å². The third-order valence-electron chi connectivity index (χ3n) is 5.59. The molecule has 1 saturated carbocycles. The molecule has 1 N–H and O–H groups in total. The molecule has 0 spiro atoms. The molecule has 2 fully saturated rings. The molecule has 1 aliphatic carbocycles. The number of likely N-dealkylation sites (tertiary alicyclic amines) is 1. The first-order chi connectivity index (χ1) is 11.9. The van der Waals surface area contributed by atoms with E-state index in [4.69, 9.17) is 9.84 Å². The summed E-state index contributed by atoms with van der Waals surface area (Å²) in [5, 5.41) is 9.08. The Bertz CT molecular complexity index is 655. The van der Waals surface area contributed by atoms with Crippen LogP contribution in [-0.2, 0) is 15.3 Å². The minimum atomic E-state index is -1.45. The molecule has 0 aromatic heterocycles. The molecule has 25 heavy (non-hydrogen) atoms. The van der Waals surface area contributed by atoms with E-state index in [-0.39, 0.29) is 24.7 Å². The Kier molecular flexibility index (Phi) is 4.97. The van der Waals surface area contributed by atoms with Crippen molar-refractivity contribution in [1.29, 1.82) is 0 Å². The molecule has 6 heteroatoms. The maximum absolute atomic E-state index is 15.3. The van der Waals surface area contributed by atoms with Gasteiger partial charge in [0, 0.05) is 31.8 Å². The lowest BCUT2D eigenvalue weighted by Crippen LogP contribution is -2.45. The van der Waals surface area contributed by atoms with Gasteiger partial charge in [0.2, 0.25) is 5.91 Å². The van der Waals surface area contributed by atoms with E-state index >= 15 is 4.39 Å². The second-order valence-electron chi connectivity index (χ2n) is 7.07. The molecule has 136 valence electrons. The van der Waals surface area contributed by atoms with E-state index < -0.39 is 17.6 Å². The second-order valence-corrected chi connectivity index (χ2v) is 7.07. The topological polar surface area (TPSA) is 66.8 Å². The summed E-state index contributed by atoms with van der Waals surface area (Å²) in [5.74, 6) is -0.870. The van der Waals surface area contributed by atoms with Gasteiger partial charge in [-0.3, -0.25) is 9.59 Å². The molecule has 1 aromatic carbocycles. The number of halogens is 1. The van der Waals surface area contributed by atoms with Gasteiger partial charge in [0.1, 0.15) is 11.4 Å². The van der Waals surface area contributed by atoms with Crippen LogP contribution < -0.4 is 4.74 Å². The van der Waals surface area contributed by atoms with Crippen LogP contribution in [0.3, 0.4) is 0 Å². The third-order valence-corrected chi connectivity index (χ3v) is 5.59. The number of alkyl halides is 1. The summed E-state index contributed by atoms with van der Waals surface area (Å²) >= 11 is 0.